The summed E-state index contributed by atoms with van der Waals surface area (Å²) in [5.41, 5.74) is 1.71. The molecule has 0 bridgehead atoms. The summed E-state index contributed by atoms with van der Waals surface area (Å²) < 4.78 is 1.57. The van der Waals surface area contributed by atoms with E-state index in [4.69, 9.17) is 0 Å². The van der Waals surface area contributed by atoms with Gasteiger partial charge in [0.2, 0.25) is 0 Å². The van der Waals surface area contributed by atoms with Crippen molar-refractivity contribution in [2.45, 2.75) is 20.0 Å². The fourth-order valence-electron chi connectivity index (χ4n) is 3.39. The Balaban J connectivity index is 1.31. The van der Waals surface area contributed by atoms with Crippen LogP contribution in [0.4, 0.5) is 0 Å². The van der Waals surface area contributed by atoms with Gasteiger partial charge in [-0.2, -0.15) is 5.10 Å². The first-order valence-electron chi connectivity index (χ1n) is 9.52. The first kappa shape index (κ1) is 18.9. The van der Waals surface area contributed by atoms with Crippen molar-refractivity contribution in [3.05, 3.63) is 63.1 Å². The lowest BCUT2D eigenvalue weighted by Gasteiger charge is -2.34. The molecule has 0 radical (unpaired) electrons. The van der Waals surface area contributed by atoms with E-state index in [1.165, 1.54) is 4.88 Å². The van der Waals surface area contributed by atoms with E-state index < -0.39 is 0 Å². The summed E-state index contributed by atoms with van der Waals surface area (Å²) in [7, 11) is 0. The zero-order chi connectivity index (χ0) is 19.3. The molecule has 7 nitrogen and oxygen atoms in total. The topological polar surface area (TPSA) is 67.2 Å². The molecule has 1 fully saturated rings. The lowest BCUT2D eigenvalue weighted by atomic mass is 10.2. The fraction of sp³-hybridized carbons (Fsp3) is 0.400. The Hall–Kier alpha value is -2.42. The summed E-state index contributed by atoms with van der Waals surface area (Å²) in [6, 6.07) is 7.17. The zero-order valence-corrected chi connectivity index (χ0v) is 16.8. The lowest BCUT2D eigenvalue weighted by molar-refractivity contribution is 0.123. The highest BCUT2D eigenvalue weighted by Crippen LogP contribution is 2.16. The molecule has 3 aromatic rings. The molecule has 146 valence electrons. The number of hydrogen-bond donors (Lipinski definition) is 0. The predicted octanol–water partition coefficient (Wildman–Crippen LogP) is 1.89. The first-order chi connectivity index (χ1) is 13.7. The molecular formula is C20H24N6OS. The average Bonchev–Trinajstić information content (AvgIpc) is 3.14. The number of piperazine rings is 1. The van der Waals surface area contributed by atoms with Gasteiger partial charge in [0.05, 0.1) is 17.2 Å². The highest BCUT2D eigenvalue weighted by Gasteiger charge is 2.17. The van der Waals surface area contributed by atoms with Crippen molar-refractivity contribution in [2.75, 3.05) is 32.7 Å². The third-order valence-corrected chi connectivity index (χ3v) is 5.88. The minimum atomic E-state index is -0.0583. The van der Waals surface area contributed by atoms with Crippen LogP contribution in [0, 0.1) is 6.92 Å². The minimum absolute atomic E-state index is 0.0583. The Labute approximate surface area is 168 Å². The van der Waals surface area contributed by atoms with Crippen molar-refractivity contribution in [3.8, 4) is 11.3 Å². The number of rotatable bonds is 6. The number of thiazole rings is 1. The maximum absolute atomic E-state index is 12.2. The summed E-state index contributed by atoms with van der Waals surface area (Å²) in [4.78, 5) is 26.8. The van der Waals surface area contributed by atoms with Gasteiger partial charge in [0, 0.05) is 74.4 Å². The molecule has 0 aromatic carbocycles. The summed E-state index contributed by atoms with van der Waals surface area (Å²) in [5, 5.41) is 5.66. The van der Waals surface area contributed by atoms with Crippen molar-refractivity contribution in [1.29, 1.82) is 0 Å². The van der Waals surface area contributed by atoms with E-state index in [2.05, 4.69) is 24.9 Å². The minimum Gasteiger partial charge on any atom is -0.299 e. The van der Waals surface area contributed by atoms with Gasteiger partial charge < -0.3 is 0 Å². The van der Waals surface area contributed by atoms with Crippen LogP contribution in [-0.4, -0.2) is 62.3 Å². The molecule has 0 aliphatic carbocycles. The normalized spacial score (nSPS) is 15.8. The van der Waals surface area contributed by atoms with Crippen molar-refractivity contribution < 1.29 is 0 Å². The molecule has 4 heterocycles. The van der Waals surface area contributed by atoms with E-state index >= 15 is 0 Å². The van der Waals surface area contributed by atoms with E-state index in [0.29, 0.717) is 6.54 Å². The second kappa shape index (κ2) is 8.72. The van der Waals surface area contributed by atoms with Gasteiger partial charge in [-0.3, -0.25) is 19.6 Å². The summed E-state index contributed by atoms with van der Waals surface area (Å²) in [5.74, 6) is 0. The molecule has 0 unspecified atom stereocenters. The van der Waals surface area contributed by atoms with Crippen molar-refractivity contribution >= 4 is 11.3 Å². The molecule has 8 heteroatoms. The predicted molar refractivity (Wildman–Crippen MR) is 110 cm³/mol. The Morgan fingerprint density at radius 3 is 2.46 bits per heavy atom. The smallest absolute Gasteiger partial charge is 0.266 e. The molecule has 3 aromatic heterocycles. The molecule has 0 amide bonds. The third kappa shape index (κ3) is 4.70. The molecule has 28 heavy (non-hydrogen) atoms. The van der Waals surface area contributed by atoms with E-state index in [1.807, 2.05) is 25.3 Å². The molecule has 4 rings (SSSR count). The Bertz CT molecular complexity index is 962. The quantitative estimate of drug-likeness (QED) is 0.634. The standard InChI is InChI=1S/C20H24N6OS/c1-16-22-14-18(28-16)15-25-10-8-24(9-11-25)12-13-26-20(27)3-2-19(23-26)17-4-6-21-7-5-17/h2-7,14H,8-13,15H2,1H3. The fourth-order valence-corrected chi connectivity index (χ4v) is 4.23. The molecule has 0 spiro atoms. The van der Waals surface area contributed by atoms with Crippen LogP contribution in [0.5, 0.6) is 0 Å². The average molecular weight is 397 g/mol. The molecule has 0 N–H and O–H groups in total. The van der Waals surface area contributed by atoms with Crippen LogP contribution in [0.15, 0.2) is 47.7 Å². The summed E-state index contributed by atoms with van der Waals surface area (Å²) >= 11 is 1.77. The van der Waals surface area contributed by atoms with E-state index in [0.717, 1.165) is 55.5 Å². The van der Waals surface area contributed by atoms with Crippen LogP contribution in [0.1, 0.15) is 9.88 Å². The van der Waals surface area contributed by atoms with Crippen LogP contribution in [0.25, 0.3) is 11.3 Å². The van der Waals surface area contributed by atoms with Gasteiger partial charge in [0.15, 0.2) is 0 Å². The van der Waals surface area contributed by atoms with Gasteiger partial charge in [0.25, 0.3) is 5.56 Å². The highest BCUT2D eigenvalue weighted by molar-refractivity contribution is 7.11. The Kier molecular flexibility index (Phi) is 5.90. The first-order valence-corrected chi connectivity index (χ1v) is 10.3. The molecule has 1 saturated heterocycles. The summed E-state index contributed by atoms with van der Waals surface area (Å²) in [6.07, 6.45) is 5.46. The van der Waals surface area contributed by atoms with Gasteiger partial charge in [0.1, 0.15) is 0 Å². The number of aryl methyl sites for hydroxylation is 1. The van der Waals surface area contributed by atoms with Gasteiger partial charge >= 0.3 is 0 Å². The van der Waals surface area contributed by atoms with Crippen molar-refractivity contribution in [1.82, 2.24) is 29.5 Å². The zero-order valence-electron chi connectivity index (χ0n) is 16.0. The Morgan fingerprint density at radius 2 is 1.75 bits per heavy atom. The number of hydrogen-bond acceptors (Lipinski definition) is 7. The Morgan fingerprint density at radius 1 is 1.00 bits per heavy atom. The second-order valence-corrected chi connectivity index (χ2v) is 8.30. The molecule has 0 saturated carbocycles. The van der Waals surface area contributed by atoms with Crippen molar-refractivity contribution in [2.24, 2.45) is 0 Å². The SMILES string of the molecule is Cc1ncc(CN2CCN(CCn3nc(-c4ccncc4)ccc3=O)CC2)s1. The van der Waals surface area contributed by atoms with Gasteiger partial charge in [-0.1, -0.05) is 0 Å². The lowest BCUT2D eigenvalue weighted by Crippen LogP contribution is -2.47. The van der Waals surface area contributed by atoms with Gasteiger partial charge in [-0.05, 0) is 25.1 Å². The van der Waals surface area contributed by atoms with Gasteiger partial charge in [-0.25, -0.2) is 9.67 Å². The van der Waals surface area contributed by atoms with Gasteiger partial charge in [-0.15, -0.1) is 11.3 Å². The number of aromatic nitrogens is 4. The highest BCUT2D eigenvalue weighted by atomic mass is 32.1. The van der Waals surface area contributed by atoms with E-state index in [1.54, 1.807) is 40.5 Å². The van der Waals surface area contributed by atoms with E-state index in [-0.39, 0.29) is 5.56 Å². The molecule has 1 aliphatic rings. The van der Waals surface area contributed by atoms with Crippen LogP contribution in [0.2, 0.25) is 0 Å². The van der Waals surface area contributed by atoms with Crippen LogP contribution in [-0.2, 0) is 13.1 Å². The monoisotopic (exact) mass is 396 g/mol. The molecular weight excluding hydrogens is 372 g/mol. The van der Waals surface area contributed by atoms with Crippen LogP contribution < -0.4 is 5.56 Å². The van der Waals surface area contributed by atoms with Crippen molar-refractivity contribution in [3.63, 3.8) is 0 Å². The van der Waals surface area contributed by atoms with E-state index in [9.17, 15) is 4.79 Å². The molecule has 0 atom stereocenters. The van der Waals surface area contributed by atoms with Crippen LogP contribution in [0.3, 0.4) is 0 Å². The second-order valence-electron chi connectivity index (χ2n) is 6.98. The molecule has 1 aliphatic heterocycles. The summed E-state index contributed by atoms with van der Waals surface area (Å²) in [6.45, 7) is 8.56. The number of pyridine rings is 1. The maximum Gasteiger partial charge on any atom is 0.266 e. The largest absolute Gasteiger partial charge is 0.299 e. The van der Waals surface area contributed by atoms with Crippen LogP contribution >= 0.6 is 11.3 Å². The number of nitrogens with zero attached hydrogens (tertiary/aromatic N) is 6. The maximum atomic E-state index is 12.2. The third-order valence-electron chi connectivity index (χ3n) is 4.98.